The largest absolute Gasteiger partial charge is 0.468 e. The van der Waals surface area contributed by atoms with Crippen LogP contribution in [-0.2, 0) is 20.9 Å². The van der Waals surface area contributed by atoms with Gasteiger partial charge in [0.1, 0.15) is 18.2 Å². The van der Waals surface area contributed by atoms with Crippen molar-refractivity contribution < 1.29 is 23.1 Å². The van der Waals surface area contributed by atoms with E-state index in [-0.39, 0.29) is 29.4 Å². The highest BCUT2D eigenvalue weighted by atomic mass is 32.2. The molecule has 1 amide bonds. The zero-order valence-electron chi connectivity index (χ0n) is 19.3. The highest BCUT2D eigenvalue weighted by Gasteiger charge is 2.37. The number of nitriles is 1. The van der Waals surface area contributed by atoms with Gasteiger partial charge < -0.3 is 19.8 Å². The fourth-order valence-electron chi connectivity index (χ4n) is 3.71. The molecule has 2 N–H and O–H groups in total. The smallest absolute Gasteiger partial charge is 0.337 e. The van der Waals surface area contributed by atoms with E-state index in [0.29, 0.717) is 22.2 Å². The van der Waals surface area contributed by atoms with E-state index in [2.05, 4.69) is 16.7 Å². The van der Waals surface area contributed by atoms with Crippen LogP contribution in [0.4, 0.5) is 10.1 Å². The maximum atomic E-state index is 13.2. The van der Waals surface area contributed by atoms with Crippen molar-refractivity contribution in [2.45, 2.75) is 19.4 Å². The van der Waals surface area contributed by atoms with Crippen LogP contribution in [-0.4, -0.2) is 17.6 Å². The molecule has 3 aromatic rings. The predicted octanol–water partition coefficient (Wildman–Crippen LogP) is 5.23. The first kappa shape index (κ1) is 24.8. The molecule has 1 unspecified atom stereocenters. The third-order valence-electron chi connectivity index (χ3n) is 5.38. The third-order valence-corrected chi connectivity index (χ3v) is 6.40. The Morgan fingerprint density at radius 1 is 1.14 bits per heavy atom. The standard InChI is InChI=1S/C27H22FN3O4S/c1-17-24(27(33)35-15-18-6-3-2-4-7-18)25(22-8-5-13-34-22)21(14-29)26(30-17)36-16-23(32)31-20-11-9-19(28)10-12-20/h2-13,25,30H,15-16H2,1H3,(H,31,32). The number of halogens is 1. The lowest BCUT2D eigenvalue weighted by Gasteiger charge is -2.27. The molecule has 0 saturated heterocycles. The van der Waals surface area contributed by atoms with Crippen molar-refractivity contribution in [3.63, 3.8) is 0 Å². The lowest BCUT2D eigenvalue weighted by atomic mass is 9.86. The molecule has 36 heavy (non-hydrogen) atoms. The molecule has 0 saturated carbocycles. The number of carbonyl (C=O) groups excluding carboxylic acids is 2. The number of hydrogen-bond donors (Lipinski definition) is 2. The number of nitrogens with zero attached hydrogens (tertiary/aromatic N) is 1. The van der Waals surface area contributed by atoms with Gasteiger partial charge in [0.15, 0.2) is 0 Å². The highest BCUT2D eigenvalue weighted by molar-refractivity contribution is 8.03. The van der Waals surface area contributed by atoms with Gasteiger partial charge in [-0.2, -0.15) is 5.26 Å². The van der Waals surface area contributed by atoms with E-state index in [4.69, 9.17) is 9.15 Å². The number of allylic oxidation sites excluding steroid dienone is 2. The van der Waals surface area contributed by atoms with Gasteiger partial charge in [-0.1, -0.05) is 42.1 Å². The van der Waals surface area contributed by atoms with Gasteiger partial charge in [0.25, 0.3) is 0 Å². The molecule has 4 rings (SSSR count). The third kappa shape index (κ3) is 5.85. The Bertz CT molecular complexity index is 1340. The Hall–Kier alpha value is -4.29. The molecule has 1 aliphatic heterocycles. The Balaban J connectivity index is 1.53. The summed E-state index contributed by atoms with van der Waals surface area (Å²) in [5.74, 6) is -1.71. The van der Waals surface area contributed by atoms with Crippen molar-refractivity contribution in [1.82, 2.24) is 5.32 Å². The van der Waals surface area contributed by atoms with Crippen molar-refractivity contribution in [2.24, 2.45) is 0 Å². The minimum Gasteiger partial charge on any atom is -0.468 e. The van der Waals surface area contributed by atoms with Gasteiger partial charge in [0.2, 0.25) is 5.91 Å². The fourth-order valence-corrected chi connectivity index (χ4v) is 4.60. The molecule has 0 radical (unpaired) electrons. The summed E-state index contributed by atoms with van der Waals surface area (Å²) in [5.41, 5.74) is 2.29. The van der Waals surface area contributed by atoms with Gasteiger partial charge in [-0.3, -0.25) is 4.79 Å². The van der Waals surface area contributed by atoms with Crippen molar-refractivity contribution in [2.75, 3.05) is 11.1 Å². The number of thioether (sulfide) groups is 1. The number of amides is 1. The van der Waals surface area contributed by atoms with Gasteiger partial charge >= 0.3 is 5.97 Å². The number of esters is 1. The van der Waals surface area contributed by atoms with E-state index in [0.717, 1.165) is 17.3 Å². The van der Waals surface area contributed by atoms with Gasteiger partial charge in [-0.25, -0.2) is 9.18 Å². The summed E-state index contributed by atoms with van der Waals surface area (Å²) in [6.45, 7) is 1.79. The molecule has 182 valence electrons. The molecule has 2 heterocycles. The summed E-state index contributed by atoms with van der Waals surface area (Å²) in [7, 11) is 0. The average molecular weight is 504 g/mol. The van der Waals surface area contributed by atoms with Crippen molar-refractivity contribution in [3.8, 4) is 6.07 Å². The SMILES string of the molecule is CC1=C(C(=O)OCc2ccccc2)C(c2ccco2)C(C#N)=C(SCC(=O)Nc2ccc(F)cc2)N1. The van der Waals surface area contributed by atoms with Gasteiger partial charge in [-0.05, 0) is 48.9 Å². The summed E-state index contributed by atoms with van der Waals surface area (Å²) in [5, 5.41) is 16.3. The van der Waals surface area contributed by atoms with E-state index >= 15 is 0 Å². The zero-order chi connectivity index (χ0) is 25.5. The van der Waals surface area contributed by atoms with Gasteiger partial charge in [-0.15, -0.1) is 0 Å². The number of anilines is 1. The van der Waals surface area contributed by atoms with E-state index < -0.39 is 17.7 Å². The summed E-state index contributed by atoms with van der Waals surface area (Å²) in [6.07, 6.45) is 1.47. The monoisotopic (exact) mass is 503 g/mol. The maximum absolute atomic E-state index is 13.2. The first-order valence-electron chi connectivity index (χ1n) is 11.0. The van der Waals surface area contributed by atoms with Crippen LogP contribution >= 0.6 is 11.8 Å². The second-order valence-corrected chi connectivity index (χ2v) is 8.86. The Kier molecular flexibility index (Phi) is 7.88. The minimum atomic E-state index is -0.794. The number of carbonyl (C=O) groups is 2. The molecule has 0 aliphatic carbocycles. The summed E-state index contributed by atoms with van der Waals surface area (Å²) in [6, 6.07) is 20.3. The fraction of sp³-hybridized carbons (Fsp3) is 0.148. The summed E-state index contributed by atoms with van der Waals surface area (Å²) < 4.78 is 24.2. The number of benzene rings is 2. The van der Waals surface area contributed by atoms with Crippen LogP contribution in [0.15, 0.2) is 99.3 Å². The molecule has 9 heteroatoms. The quantitative estimate of drug-likeness (QED) is 0.406. The molecule has 7 nitrogen and oxygen atoms in total. The lowest BCUT2D eigenvalue weighted by Crippen LogP contribution is -2.29. The van der Waals surface area contributed by atoms with Crippen LogP contribution in [0.2, 0.25) is 0 Å². The number of furan rings is 1. The average Bonchev–Trinajstić information content (AvgIpc) is 3.42. The first-order chi connectivity index (χ1) is 17.5. The van der Waals surface area contributed by atoms with Crippen molar-refractivity contribution in [3.05, 3.63) is 112 Å². The zero-order valence-corrected chi connectivity index (χ0v) is 20.1. The topological polar surface area (TPSA) is 104 Å². The Morgan fingerprint density at radius 3 is 2.56 bits per heavy atom. The van der Waals surface area contributed by atoms with E-state index in [1.54, 1.807) is 19.1 Å². The molecule has 2 aromatic carbocycles. The van der Waals surface area contributed by atoms with Crippen LogP contribution in [0.3, 0.4) is 0 Å². The molecule has 1 atom stereocenters. The van der Waals surface area contributed by atoms with Crippen molar-refractivity contribution in [1.29, 1.82) is 5.26 Å². The number of hydrogen-bond acceptors (Lipinski definition) is 7. The van der Waals surface area contributed by atoms with Gasteiger partial charge in [0.05, 0.1) is 40.2 Å². The Labute approximate surface area is 211 Å². The number of dihydropyridines is 1. The molecule has 0 spiro atoms. The minimum absolute atomic E-state index is 0.0170. The van der Waals surface area contributed by atoms with Gasteiger partial charge in [0, 0.05) is 11.4 Å². The summed E-state index contributed by atoms with van der Waals surface area (Å²) >= 11 is 1.12. The van der Waals surface area contributed by atoms with Crippen LogP contribution in [0, 0.1) is 17.1 Å². The Morgan fingerprint density at radius 2 is 1.89 bits per heavy atom. The summed E-state index contributed by atoms with van der Waals surface area (Å²) in [4.78, 5) is 25.6. The van der Waals surface area contributed by atoms with Crippen LogP contribution in [0.25, 0.3) is 0 Å². The van der Waals surface area contributed by atoms with Crippen molar-refractivity contribution >= 4 is 29.3 Å². The predicted molar refractivity (Wildman–Crippen MR) is 134 cm³/mol. The lowest BCUT2D eigenvalue weighted by molar-refractivity contribution is -0.140. The molecule has 0 bridgehead atoms. The molecule has 1 aliphatic rings. The van der Waals surface area contributed by atoms with E-state index in [1.165, 1.54) is 30.5 Å². The molecule has 1 aromatic heterocycles. The highest BCUT2D eigenvalue weighted by Crippen LogP contribution is 2.41. The first-order valence-corrected chi connectivity index (χ1v) is 12.0. The van der Waals surface area contributed by atoms with E-state index in [9.17, 15) is 19.2 Å². The molecular formula is C27H22FN3O4S. The second kappa shape index (κ2) is 11.4. The molecular weight excluding hydrogens is 481 g/mol. The second-order valence-electron chi connectivity index (χ2n) is 7.87. The molecule has 0 fully saturated rings. The number of nitrogens with one attached hydrogen (secondary N) is 2. The van der Waals surface area contributed by atoms with Crippen LogP contribution < -0.4 is 10.6 Å². The van der Waals surface area contributed by atoms with E-state index in [1.807, 2.05) is 30.3 Å². The normalized spacial score (nSPS) is 15.2. The van der Waals surface area contributed by atoms with Crippen LogP contribution in [0.1, 0.15) is 24.2 Å². The van der Waals surface area contributed by atoms with Crippen LogP contribution in [0.5, 0.6) is 0 Å². The number of rotatable bonds is 8. The number of ether oxygens (including phenoxy) is 1. The maximum Gasteiger partial charge on any atom is 0.337 e.